The van der Waals surface area contributed by atoms with E-state index in [4.69, 9.17) is 0 Å². The van der Waals surface area contributed by atoms with Gasteiger partial charge in [-0.3, -0.25) is 4.79 Å². The molecular formula is C19H30Cl2FN3O2. The van der Waals surface area contributed by atoms with Gasteiger partial charge in [0.05, 0.1) is 18.2 Å². The maximum absolute atomic E-state index is 13.8. The average Bonchev–Trinajstić information content (AvgIpc) is 2.63. The molecule has 2 saturated heterocycles. The van der Waals surface area contributed by atoms with Gasteiger partial charge in [0.1, 0.15) is 5.82 Å². The first-order chi connectivity index (χ1) is 12.0. The molecule has 2 aliphatic rings. The van der Waals surface area contributed by atoms with Gasteiger partial charge >= 0.3 is 0 Å². The highest BCUT2D eigenvalue weighted by molar-refractivity contribution is 5.85. The molecule has 2 atom stereocenters. The number of carbonyl (C=O) groups excluding carboxylic acids is 1. The van der Waals surface area contributed by atoms with Crippen molar-refractivity contribution in [2.24, 2.45) is 0 Å². The third-order valence-corrected chi connectivity index (χ3v) is 5.25. The molecule has 27 heavy (non-hydrogen) atoms. The maximum atomic E-state index is 13.8. The SMILES string of the molecule is CC(NC(=O)[C@@H]1CCCCN1)c1cc(F)ccc1N1CCC(O)CC1.Cl.Cl. The first kappa shape index (κ1) is 24.0. The molecule has 2 fully saturated rings. The fourth-order valence-electron chi connectivity index (χ4n) is 3.73. The van der Waals surface area contributed by atoms with Crippen molar-refractivity contribution in [1.82, 2.24) is 10.6 Å². The highest BCUT2D eigenvalue weighted by atomic mass is 35.5. The van der Waals surface area contributed by atoms with E-state index in [0.29, 0.717) is 12.8 Å². The van der Waals surface area contributed by atoms with E-state index in [1.807, 2.05) is 6.92 Å². The lowest BCUT2D eigenvalue weighted by molar-refractivity contribution is -0.124. The van der Waals surface area contributed by atoms with Crippen molar-refractivity contribution in [2.45, 2.75) is 57.2 Å². The molecule has 154 valence electrons. The van der Waals surface area contributed by atoms with E-state index in [0.717, 1.165) is 50.1 Å². The Morgan fingerprint density at radius 1 is 1.26 bits per heavy atom. The summed E-state index contributed by atoms with van der Waals surface area (Å²) in [6.45, 7) is 4.25. The van der Waals surface area contributed by atoms with Gasteiger partial charge in [-0.2, -0.15) is 0 Å². The molecular weight excluding hydrogens is 392 g/mol. The topological polar surface area (TPSA) is 64.6 Å². The molecule has 5 nitrogen and oxygen atoms in total. The first-order valence-electron chi connectivity index (χ1n) is 9.31. The number of hydrogen-bond acceptors (Lipinski definition) is 4. The molecule has 1 amide bonds. The molecule has 2 aliphatic heterocycles. The number of piperidine rings is 2. The van der Waals surface area contributed by atoms with Crippen LogP contribution >= 0.6 is 24.8 Å². The molecule has 3 N–H and O–H groups in total. The van der Waals surface area contributed by atoms with Crippen LogP contribution in [0.25, 0.3) is 0 Å². The molecule has 0 saturated carbocycles. The highest BCUT2D eigenvalue weighted by Gasteiger charge is 2.25. The predicted octanol–water partition coefficient (Wildman–Crippen LogP) is 2.95. The van der Waals surface area contributed by atoms with Gasteiger partial charge in [-0.05, 0) is 57.4 Å². The number of nitrogens with zero attached hydrogens (tertiary/aromatic N) is 1. The minimum absolute atomic E-state index is 0. The number of aliphatic hydroxyl groups is 1. The van der Waals surface area contributed by atoms with E-state index in [1.165, 1.54) is 12.1 Å². The van der Waals surface area contributed by atoms with Gasteiger partial charge in [-0.15, -0.1) is 24.8 Å². The number of halogens is 3. The van der Waals surface area contributed by atoms with Crippen molar-refractivity contribution in [3.8, 4) is 0 Å². The van der Waals surface area contributed by atoms with E-state index in [9.17, 15) is 14.3 Å². The summed E-state index contributed by atoms with van der Waals surface area (Å²) in [5.74, 6) is -0.316. The van der Waals surface area contributed by atoms with Crippen molar-refractivity contribution in [2.75, 3.05) is 24.5 Å². The lowest BCUT2D eigenvalue weighted by Gasteiger charge is -2.34. The third kappa shape index (κ3) is 6.21. The lowest BCUT2D eigenvalue weighted by Crippen LogP contribution is -2.47. The Bertz CT molecular complexity index is 607. The molecule has 0 aromatic heterocycles. The zero-order valence-electron chi connectivity index (χ0n) is 15.6. The summed E-state index contributed by atoms with van der Waals surface area (Å²) in [4.78, 5) is 14.7. The molecule has 1 aromatic carbocycles. The highest BCUT2D eigenvalue weighted by Crippen LogP contribution is 2.30. The number of amides is 1. The van der Waals surface area contributed by atoms with Crippen LogP contribution in [0.4, 0.5) is 10.1 Å². The van der Waals surface area contributed by atoms with E-state index in [1.54, 1.807) is 6.07 Å². The Balaban J connectivity index is 0.00000182. The van der Waals surface area contributed by atoms with Gasteiger partial charge < -0.3 is 20.6 Å². The number of hydrogen-bond donors (Lipinski definition) is 3. The van der Waals surface area contributed by atoms with Gasteiger partial charge in [-0.25, -0.2) is 4.39 Å². The Morgan fingerprint density at radius 2 is 1.96 bits per heavy atom. The second kappa shape index (κ2) is 11.1. The van der Waals surface area contributed by atoms with E-state index in [-0.39, 0.29) is 54.7 Å². The summed E-state index contributed by atoms with van der Waals surface area (Å²) >= 11 is 0. The monoisotopic (exact) mass is 421 g/mol. The van der Waals surface area contributed by atoms with E-state index >= 15 is 0 Å². The summed E-state index contributed by atoms with van der Waals surface area (Å²) in [6, 6.07) is 4.33. The van der Waals surface area contributed by atoms with Gasteiger partial charge in [0.2, 0.25) is 5.91 Å². The Kier molecular flexibility index (Phi) is 9.81. The third-order valence-electron chi connectivity index (χ3n) is 5.25. The van der Waals surface area contributed by atoms with E-state index in [2.05, 4.69) is 15.5 Å². The normalized spacial score (nSPS) is 21.6. The zero-order chi connectivity index (χ0) is 17.8. The van der Waals surface area contributed by atoms with Crippen LogP contribution in [0.2, 0.25) is 0 Å². The minimum Gasteiger partial charge on any atom is -0.393 e. The minimum atomic E-state index is -0.298. The summed E-state index contributed by atoms with van der Waals surface area (Å²) < 4.78 is 13.8. The van der Waals surface area contributed by atoms with Crippen LogP contribution in [-0.2, 0) is 4.79 Å². The molecule has 0 bridgehead atoms. The van der Waals surface area contributed by atoms with Crippen LogP contribution in [0, 0.1) is 5.82 Å². The second-order valence-corrected chi connectivity index (χ2v) is 7.15. The molecule has 1 unspecified atom stereocenters. The number of rotatable bonds is 4. The van der Waals surface area contributed by atoms with Crippen LogP contribution < -0.4 is 15.5 Å². The summed E-state index contributed by atoms with van der Waals surface area (Å²) in [5.41, 5.74) is 1.73. The number of benzene rings is 1. The smallest absolute Gasteiger partial charge is 0.237 e. The van der Waals surface area contributed by atoms with E-state index < -0.39 is 0 Å². The van der Waals surface area contributed by atoms with Crippen molar-refractivity contribution in [3.63, 3.8) is 0 Å². The van der Waals surface area contributed by atoms with Crippen LogP contribution in [0.1, 0.15) is 50.6 Å². The quantitative estimate of drug-likeness (QED) is 0.698. The molecule has 1 aromatic rings. The van der Waals surface area contributed by atoms with Crippen LogP contribution in [-0.4, -0.2) is 42.8 Å². The average molecular weight is 422 g/mol. The summed E-state index contributed by atoms with van der Waals surface area (Å²) in [7, 11) is 0. The summed E-state index contributed by atoms with van der Waals surface area (Å²) in [6.07, 6.45) is 4.18. The fourth-order valence-corrected chi connectivity index (χ4v) is 3.73. The van der Waals surface area contributed by atoms with Crippen LogP contribution in [0.15, 0.2) is 18.2 Å². The van der Waals surface area contributed by atoms with Crippen molar-refractivity contribution < 1.29 is 14.3 Å². The Morgan fingerprint density at radius 3 is 2.59 bits per heavy atom. The standard InChI is InChI=1S/C19H28FN3O2.2ClH/c1-13(22-19(25)17-4-2-3-9-21-17)16-12-14(20)5-6-18(16)23-10-7-15(24)8-11-23;;/h5-6,12-13,15,17,21,24H,2-4,7-11H2,1H3,(H,22,25);2*1H/t13?,17-;;/m0../s1. The molecule has 3 rings (SSSR count). The lowest BCUT2D eigenvalue weighted by atomic mass is 10.00. The molecule has 0 aliphatic carbocycles. The number of aliphatic hydroxyl groups excluding tert-OH is 1. The second-order valence-electron chi connectivity index (χ2n) is 7.15. The van der Waals surface area contributed by atoms with Crippen LogP contribution in [0.3, 0.4) is 0 Å². The van der Waals surface area contributed by atoms with Crippen molar-refractivity contribution >= 4 is 36.4 Å². The number of nitrogens with one attached hydrogen (secondary N) is 2. The molecule has 0 spiro atoms. The Labute approximate surface area is 172 Å². The Hall–Kier alpha value is -1.08. The van der Waals surface area contributed by atoms with Gasteiger partial charge in [-0.1, -0.05) is 6.42 Å². The van der Waals surface area contributed by atoms with Gasteiger partial charge in [0.15, 0.2) is 0 Å². The van der Waals surface area contributed by atoms with Crippen molar-refractivity contribution in [3.05, 3.63) is 29.6 Å². The zero-order valence-corrected chi connectivity index (χ0v) is 17.3. The first-order valence-corrected chi connectivity index (χ1v) is 9.31. The maximum Gasteiger partial charge on any atom is 0.237 e. The fraction of sp³-hybridized carbons (Fsp3) is 0.632. The molecule has 2 heterocycles. The van der Waals surface area contributed by atoms with Gasteiger partial charge in [0.25, 0.3) is 0 Å². The van der Waals surface area contributed by atoms with Crippen LogP contribution in [0.5, 0.6) is 0 Å². The summed E-state index contributed by atoms with van der Waals surface area (Å²) in [5, 5.41) is 16.0. The predicted molar refractivity (Wildman–Crippen MR) is 111 cm³/mol. The van der Waals surface area contributed by atoms with Gasteiger partial charge in [0, 0.05) is 24.3 Å². The molecule has 0 radical (unpaired) electrons. The number of anilines is 1. The number of carbonyl (C=O) groups is 1. The van der Waals surface area contributed by atoms with Crippen molar-refractivity contribution in [1.29, 1.82) is 0 Å². The molecule has 8 heteroatoms. The largest absolute Gasteiger partial charge is 0.393 e.